The maximum Gasteiger partial charge on any atom is 0.108 e. The van der Waals surface area contributed by atoms with Crippen molar-refractivity contribution in [3.05, 3.63) is 121 Å². The van der Waals surface area contributed by atoms with Crippen LogP contribution >= 0.6 is 0 Å². The lowest BCUT2D eigenvalue weighted by Gasteiger charge is -2.44. The van der Waals surface area contributed by atoms with Gasteiger partial charge in [-0.3, -0.25) is 0 Å². The predicted octanol–water partition coefficient (Wildman–Crippen LogP) is 2.70. The van der Waals surface area contributed by atoms with E-state index in [1.807, 2.05) is 0 Å². The molecule has 0 spiro atoms. The highest BCUT2D eigenvalue weighted by Gasteiger charge is 2.30. The Balaban J connectivity index is 0.000000552. The van der Waals surface area contributed by atoms with E-state index in [0.717, 1.165) is 6.54 Å². The van der Waals surface area contributed by atoms with E-state index in [0.29, 0.717) is 0 Å². The Morgan fingerprint density at radius 2 is 0.690 bits per heavy atom. The lowest BCUT2D eigenvalue weighted by atomic mass is 9.13. The summed E-state index contributed by atoms with van der Waals surface area (Å²) in [6, 6.07) is 43.5. The summed E-state index contributed by atoms with van der Waals surface area (Å²) in [6.07, 6.45) is -0.00722. The van der Waals surface area contributed by atoms with Crippen LogP contribution in [-0.2, 0) is 0 Å². The second-order valence-corrected chi connectivity index (χ2v) is 7.36. The molecule has 3 N–H and O–H groups in total. The third kappa shape index (κ3) is 4.50. The van der Waals surface area contributed by atoms with Crippen molar-refractivity contribution >= 4 is 28.0 Å². The van der Waals surface area contributed by atoms with Gasteiger partial charge in [0.2, 0.25) is 0 Å². The zero-order valence-electron chi connectivity index (χ0n) is 17.2. The van der Waals surface area contributed by atoms with E-state index >= 15 is 0 Å². The van der Waals surface area contributed by atoms with Gasteiger partial charge in [0.15, 0.2) is 0 Å². The Labute approximate surface area is 175 Å². The molecule has 4 rings (SSSR count). The molecule has 0 heterocycles. The average molecular weight is 379 g/mol. The van der Waals surface area contributed by atoms with Crippen LogP contribution in [0.4, 0.5) is 0 Å². The molecular weight excluding hydrogens is 349 g/mol. The number of rotatable bonds is 5. The Hall–Kier alpha value is -3.10. The number of quaternary nitrogens is 1. The molecule has 0 amide bonds. The molecule has 0 aliphatic heterocycles. The molecule has 146 valence electrons. The van der Waals surface area contributed by atoms with Gasteiger partial charge >= 0.3 is 0 Å². The van der Waals surface area contributed by atoms with Crippen molar-refractivity contribution in [3.8, 4) is 0 Å². The summed E-state index contributed by atoms with van der Waals surface area (Å²) in [7, 11) is 0. The van der Waals surface area contributed by atoms with Crippen LogP contribution in [0.15, 0.2) is 121 Å². The van der Waals surface area contributed by atoms with Crippen molar-refractivity contribution in [2.75, 3.05) is 6.54 Å². The van der Waals surface area contributed by atoms with Crippen LogP contribution in [0.3, 0.4) is 0 Å². The van der Waals surface area contributed by atoms with Crippen molar-refractivity contribution in [1.29, 1.82) is 0 Å². The predicted molar refractivity (Wildman–Crippen MR) is 128 cm³/mol. The maximum absolute atomic E-state index is 3.60. The zero-order chi connectivity index (χ0) is 20.4. The summed E-state index contributed by atoms with van der Waals surface area (Å²) in [6.45, 7) is 3.19. The summed E-state index contributed by atoms with van der Waals surface area (Å²) in [5.41, 5.74) is 8.96. The molecular formula is C27H30BN. The van der Waals surface area contributed by atoms with Crippen molar-refractivity contribution in [2.24, 2.45) is 0 Å². The highest BCUT2D eigenvalue weighted by Crippen LogP contribution is 2.09. The van der Waals surface area contributed by atoms with E-state index in [4.69, 9.17) is 0 Å². The first-order valence-electron chi connectivity index (χ1n) is 10.5. The molecule has 2 heteroatoms. The first-order valence-corrected chi connectivity index (χ1v) is 10.5. The fourth-order valence-electron chi connectivity index (χ4n) is 4.12. The normalized spacial score (nSPS) is 10.7. The topological polar surface area (TPSA) is 27.6 Å². The Morgan fingerprint density at radius 1 is 0.483 bits per heavy atom. The smallest absolute Gasteiger partial charge is 0.108 e. The molecule has 4 aromatic rings. The Kier molecular flexibility index (Phi) is 7.44. The van der Waals surface area contributed by atoms with Crippen LogP contribution in [-0.4, -0.2) is 12.7 Å². The van der Waals surface area contributed by atoms with E-state index in [1.165, 1.54) is 28.3 Å². The third-order valence-corrected chi connectivity index (χ3v) is 5.55. The van der Waals surface area contributed by atoms with Gasteiger partial charge in [-0.15, -0.1) is 0 Å². The summed E-state index contributed by atoms with van der Waals surface area (Å²) < 4.78 is 0. The second kappa shape index (κ2) is 10.4. The van der Waals surface area contributed by atoms with Crippen molar-refractivity contribution < 1.29 is 5.73 Å². The third-order valence-electron chi connectivity index (χ3n) is 5.55. The van der Waals surface area contributed by atoms with Crippen molar-refractivity contribution in [3.63, 3.8) is 0 Å². The van der Waals surface area contributed by atoms with Gasteiger partial charge in [0.05, 0.1) is 6.54 Å². The van der Waals surface area contributed by atoms with E-state index in [-0.39, 0.29) is 0 Å². The minimum absolute atomic E-state index is 1.07. The minimum Gasteiger partial charge on any atom is -0.358 e. The molecule has 0 unspecified atom stereocenters. The molecule has 0 atom stereocenters. The van der Waals surface area contributed by atoms with Crippen LogP contribution in [0.2, 0.25) is 0 Å². The first-order chi connectivity index (χ1) is 14.3. The van der Waals surface area contributed by atoms with Crippen molar-refractivity contribution in [1.82, 2.24) is 0 Å². The Bertz CT molecular complexity index is 789. The van der Waals surface area contributed by atoms with Crippen LogP contribution in [0.25, 0.3) is 0 Å². The molecule has 0 radical (unpaired) electrons. The molecule has 0 aliphatic carbocycles. The van der Waals surface area contributed by atoms with Gasteiger partial charge in [-0.05, 0) is 6.42 Å². The van der Waals surface area contributed by atoms with Gasteiger partial charge in [0, 0.05) is 0 Å². The highest BCUT2D eigenvalue weighted by molar-refractivity contribution is 7.19. The average Bonchev–Trinajstić information content (AvgIpc) is 2.83. The lowest BCUT2D eigenvalue weighted by molar-refractivity contribution is -0.367. The quantitative estimate of drug-likeness (QED) is 0.517. The SMILES string of the molecule is CCC[NH3+].c1ccc([B-](c2ccccc2)(c2ccccc2)c2ccccc2)cc1. The Morgan fingerprint density at radius 3 is 0.862 bits per heavy atom. The van der Waals surface area contributed by atoms with Crippen molar-refractivity contribution in [2.45, 2.75) is 13.3 Å². The summed E-state index contributed by atoms with van der Waals surface area (Å²) in [5, 5.41) is 0. The molecule has 0 saturated carbocycles. The number of benzene rings is 4. The zero-order valence-corrected chi connectivity index (χ0v) is 17.2. The van der Waals surface area contributed by atoms with E-state index in [2.05, 4.69) is 134 Å². The standard InChI is InChI=1S/C24H20B.C3H9N/c1-5-13-21(14-6-1)25(22-15-7-2-8-16-22,23-17-9-3-10-18-23)24-19-11-4-12-20-24;1-2-3-4/h1-20H;2-4H2,1H3/q-1;/p+1. The maximum atomic E-state index is 3.60. The van der Waals surface area contributed by atoms with Gasteiger partial charge in [-0.1, -0.05) is 128 Å². The molecule has 1 nitrogen and oxygen atoms in total. The van der Waals surface area contributed by atoms with Gasteiger partial charge < -0.3 is 5.73 Å². The van der Waals surface area contributed by atoms with E-state index in [9.17, 15) is 0 Å². The number of hydrogen-bond acceptors (Lipinski definition) is 0. The largest absolute Gasteiger partial charge is 0.358 e. The fraction of sp³-hybridized carbons (Fsp3) is 0.111. The monoisotopic (exact) mass is 379 g/mol. The summed E-state index contributed by atoms with van der Waals surface area (Å²) in [5.74, 6) is 0. The van der Waals surface area contributed by atoms with Crippen LogP contribution in [0, 0.1) is 0 Å². The lowest BCUT2D eigenvalue weighted by Crippen LogP contribution is -2.74. The molecule has 0 saturated heterocycles. The van der Waals surface area contributed by atoms with Gasteiger partial charge in [0.1, 0.15) is 6.15 Å². The van der Waals surface area contributed by atoms with Gasteiger partial charge in [0.25, 0.3) is 0 Å². The van der Waals surface area contributed by atoms with Gasteiger partial charge in [-0.25, -0.2) is 0 Å². The highest BCUT2D eigenvalue weighted by atomic mass is 14.5. The second-order valence-electron chi connectivity index (χ2n) is 7.36. The molecule has 0 aliphatic rings. The van der Waals surface area contributed by atoms with Crippen LogP contribution in [0.1, 0.15) is 13.3 Å². The molecule has 0 bridgehead atoms. The molecule has 29 heavy (non-hydrogen) atoms. The van der Waals surface area contributed by atoms with Gasteiger partial charge in [-0.2, -0.15) is 21.9 Å². The van der Waals surface area contributed by atoms with E-state index < -0.39 is 6.15 Å². The van der Waals surface area contributed by atoms with Crippen LogP contribution < -0.4 is 27.6 Å². The molecule has 0 aromatic heterocycles. The molecule has 0 fully saturated rings. The fourth-order valence-corrected chi connectivity index (χ4v) is 4.12. The number of hydrogen-bond donors (Lipinski definition) is 1. The minimum atomic E-state index is -1.22. The first kappa shape index (κ1) is 20.6. The van der Waals surface area contributed by atoms with E-state index in [1.54, 1.807) is 0 Å². The van der Waals surface area contributed by atoms with Crippen LogP contribution in [0.5, 0.6) is 0 Å². The summed E-state index contributed by atoms with van der Waals surface area (Å²) >= 11 is 0. The summed E-state index contributed by atoms with van der Waals surface area (Å²) in [4.78, 5) is 0. The molecule has 4 aromatic carbocycles.